The van der Waals surface area contributed by atoms with Gasteiger partial charge in [-0.25, -0.2) is 0 Å². The molecule has 2 aromatic carbocycles. The summed E-state index contributed by atoms with van der Waals surface area (Å²) in [5, 5.41) is 13.2. The summed E-state index contributed by atoms with van der Waals surface area (Å²) in [7, 11) is 0. The maximum absolute atomic E-state index is 12.9. The van der Waals surface area contributed by atoms with E-state index in [2.05, 4.69) is 32.2 Å². The molecule has 1 aliphatic carbocycles. The van der Waals surface area contributed by atoms with Crippen LogP contribution in [0.1, 0.15) is 48.8 Å². The number of ether oxygens (including phenoxy) is 2. The van der Waals surface area contributed by atoms with Gasteiger partial charge in [-0.15, -0.1) is 11.3 Å². The van der Waals surface area contributed by atoms with Gasteiger partial charge in [-0.05, 0) is 60.1 Å². The van der Waals surface area contributed by atoms with Gasteiger partial charge in [0.15, 0.2) is 6.61 Å². The Balaban J connectivity index is 1.25. The van der Waals surface area contributed by atoms with Crippen molar-refractivity contribution in [3.05, 3.63) is 80.5 Å². The molecule has 1 aliphatic rings. The van der Waals surface area contributed by atoms with Crippen molar-refractivity contribution in [2.45, 2.75) is 45.4 Å². The first-order chi connectivity index (χ1) is 17.7. The third-order valence-electron chi connectivity index (χ3n) is 6.32. The lowest BCUT2D eigenvalue weighted by molar-refractivity contribution is -0.118. The summed E-state index contributed by atoms with van der Waals surface area (Å²) in [6.07, 6.45) is 4.14. The highest BCUT2D eigenvalue weighted by atomic mass is 32.1. The van der Waals surface area contributed by atoms with Crippen LogP contribution in [0.25, 0.3) is 11.0 Å². The van der Waals surface area contributed by atoms with Crippen LogP contribution < -0.4 is 20.2 Å². The molecule has 8 heteroatoms. The van der Waals surface area contributed by atoms with E-state index >= 15 is 0 Å². The first kappa shape index (κ1) is 24.6. The van der Waals surface area contributed by atoms with E-state index in [1.54, 1.807) is 18.2 Å². The monoisotopic (exact) mass is 514 g/mol. The van der Waals surface area contributed by atoms with Crippen molar-refractivity contribution in [3.8, 4) is 23.3 Å². The van der Waals surface area contributed by atoms with Crippen molar-refractivity contribution in [2.24, 2.45) is 0 Å². The maximum atomic E-state index is 12.9. The Morgan fingerprint density at radius 3 is 2.62 bits per heavy atom. The predicted octanol–water partition coefficient (Wildman–Crippen LogP) is 6.32. The number of benzene rings is 2. The molecule has 0 saturated carbocycles. The largest absolute Gasteiger partial charge is 0.484 e. The first-order valence-corrected chi connectivity index (χ1v) is 12.9. The molecule has 0 atom stereocenters. The summed E-state index contributed by atoms with van der Waals surface area (Å²) in [4.78, 5) is 26.6. The summed E-state index contributed by atoms with van der Waals surface area (Å²) in [6, 6.07) is 14.6. The molecular formula is C29H26N2O5S. The third-order valence-corrected chi connectivity index (χ3v) is 7.53. The Labute approximate surface area is 218 Å². The van der Waals surface area contributed by atoms with Crippen molar-refractivity contribution < 1.29 is 18.7 Å². The fourth-order valence-electron chi connectivity index (χ4n) is 4.32. The molecule has 188 valence electrons. The van der Waals surface area contributed by atoms with Crippen molar-refractivity contribution in [2.75, 3.05) is 11.9 Å². The molecule has 2 heterocycles. The van der Waals surface area contributed by atoms with Crippen LogP contribution >= 0.6 is 11.3 Å². The Kier molecular flexibility index (Phi) is 6.48. The minimum Gasteiger partial charge on any atom is -0.484 e. The number of anilines is 1. The van der Waals surface area contributed by atoms with Gasteiger partial charge in [0.05, 0.1) is 10.9 Å². The van der Waals surface area contributed by atoms with Gasteiger partial charge >= 0.3 is 0 Å². The Morgan fingerprint density at radius 2 is 1.89 bits per heavy atom. The minimum atomic E-state index is -0.362. The number of nitrogens with zero attached hydrogens (tertiary/aromatic N) is 1. The number of hydrogen-bond donors (Lipinski definition) is 1. The number of nitrogens with one attached hydrogen (secondary N) is 1. The topological polar surface area (TPSA) is 102 Å². The maximum Gasteiger partial charge on any atom is 0.262 e. The highest BCUT2D eigenvalue weighted by Gasteiger charge is 2.23. The second-order valence-electron chi connectivity index (χ2n) is 9.97. The molecule has 37 heavy (non-hydrogen) atoms. The highest BCUT2D eigenvalue weighted by molar-refractivity contribution is 7.16. The lowest BCUT2D eigenvalue weighted by Crippen LogP contribution is -2.20. The van der Waals surface area contributed by atoms with Crippen molar-refractivity contribution in [1.82, 2.24) is 0 Å². The van der Waals surface area contributed by atoms with Crippen LogP contribution in [0.15, 0.2) is 57.9 Å². The van der Waals surface area contributed by atoms with Gasteiger partial charge in [-0.2, -0.15) is 5.26 Å². The van der Waals surface area contributed by atoms with Gasteiger partial charge in [-0.3, -0.25) is 9.59 Å². The normalized spacial score (nSPS) is 12.7. The molecular weight excluding hydrogens is 488 g/mol. The zero-order valence-corrected chi connectivity index (χ0v) is 21.7. The Bertz CT molecular complexity index is 1590. The third kappa shape index (κ3) is 5.09. The molecule has 7 nitrogen and oxygen atoms in total. The highest BCUT2D eigenvalue weighted by Crippen LogP contribution is 2.38. The zero-order valence-electron chi connectivity index (χ0n) is 20.8. The van der Waals surface area contributed by atoms with Crippen LogP contribution in [0.2, 0.25) is 0 Å². The van der Waals surface area contributed by atoms with Crippen LogP contribution in [0.3, 0.4) is 0 Å². The van der Waals surface area contributed by atoms with E-state index in [4.69, 9.17) is 13.9 Å². The zero-order chi connectivity index (χ0) is 26.2. The number of thiophene rings is 1. The number of nitriles is 1. The summed E-state index contributed by atoms with van der Waals surface area (Å²) >= 11 is 1.46. The number of carbonyl (C=O) groups excluding carboxylic acids is 1. The van der Waals surface area contributed by atoms with Gasteiger partial charge in [0.2, 0.25) is 11.2 Å². The number of rotatable bonds is 6. The van der Waals surface area contributed by atoms with E-state index in [1.807, 2.05) is 24.3 Å². The van der Waals surface area contributed by atoms with E-state index in [0.29, 0.717) is 33.0 Å². The van der Waals surface area contributed by atoms with Crippen molar-refractivity contribution >= 4 is 33.2 Å². The van der Waals surface area contributed by atoms with E-state index in [1.165, 1.54) is 22.5 Å². The Morgan fingerprint density at radius 1 is 1.14 bits per heavy atom. The molecule has 4 aromatic rings. The van der Waals surface area contributed by atoms with Crippen LogP contribution in [-0.4, -0.2) is 12.5 Å². The number of carbonyl (C=O) groups is 1. The average Bonchev–Trinajstić information content (AvgIpc) is 3.45. The van der Waals surface area contributed by atoms with Crippen molar-refractivity contribution in [1.29, 1.82) is 5.26 Å². The van der Waals surface area contributed by atoms with Crippen LogP contribution in [0.4, 0.5) is 5.00 Å². The van der Waals surface area contributed by atoms with Crippen LogP contribution in [0, 0.1) is 11.3 Å². The predicted molar refractivity (Wildman–Crippen MR) is 143 cm³/mol. The van der Waals surface area contributed by atoms with Gasteiger partial charge in [0, 0.05) is 10.9 Å². The second-order valence-corrected chi connectivity index (χ2v) is 11.1. The molecule has 0 fully saturated rings. The number of aryl methyl sites for hydroxylation is 1. The molecule has 0 bridgehead atoms. The summed E-state index contributed by atoms with van der Waals surface area (Å²) in [5.41, 5.74) is 2.81. The minimum absolute atomic E-state index is 0.0184. The summed E-state index contributed by atoms with van der Waals surface area (Å²) < 4.78 is 17.0. The second kappa shape index (κ2) is 9.75. The van der Waals surface area contributed by atoms with E-state index in [-0.39, 0.29) is 29.1 Å². The molecule has 0 spiro atoms. The van der Waals surface area contributed by atoms with Gasteiger partial charge in [-0.1, -0.05) is 32.9 Å². The lowest BCUT2D eigenvalue weighted by atomic mass is 9.87. The van der Waals surface area contributed by atoms with Crippen LogP contribution in [-0.2, 0) is 23.1 Å². The number of amides is 1. The van der Waals surface area contributed by atoms with Crippen molar-refractivity contribution in [3.63, 3.8) is 0 Å². The SMILES string of the molecule is CC(C)(C)c1ccc(Oc2coc3cc(OCC(=O)Nc4sc5c(c4C#N)CCC5)ccc3c2=O)cc1. The molecule has 1 N–H and O–H groups in total. The quantitative estimate of drug-likeness (QED) is 0.323. The lowest BCUT2D eigenvalue weighted by Gasteiger charge is -2.19. The van der Waals surface area contributed by atoms with E-state index < -0.39 is 0 Å². The first-order valence-electron chi connectivity index (χ1n) is 12.0. The smallest absolute Gasteiger partial charge is 0.262 e. The molecule has 0 saturated heterocycles. The van der Waals surface area contributed by atoms with Gasteiger partial charge < -0.3 is 19.2 Å². The van der Waals surface area contributed by atoms with Gasteiger partial charge in [0.1, 0.15) is 34.4 Å². The summed E-state index contributed by atoms with van der Waals surface area (Å²) in [5.74, 6) is 0.645. The number of hydrogen-bond acceptors (Lipinski definition) is 7. The summed E-state index contributed by atoms with van der Waals surface area (Å²) in [6.45, 7) is 6.15. The molecule has 2 aromatic heterocycles. The molecule has 5 rings (SSSR count). The molecule has 0 radical (unpaired) electrons. The molecule has 0 aliphatic heterocycles. The number of fused-ring (bicyclic) bond motifs is 2. The fourth-order valence-corrected chi connectivity index (χ4v) is 5.58. The fraction of sp³-hybridized carbons (Fsp3) is 0.276. The van der Waals surface area contributed by atoms with E-state index in [0.717, 1.165) is 30.4 Å². The average molecular weight is 515 g/mol. The Hall–Kier alpha value is -4.09. The van der Waals surface area contributed by atoms with Gasteiger partial charge in [0.25, 0.3) is 5.91 Å². The molecule has 1 amide bonds. The van der Waals surface area contributed by atoms with E-state index in [9.17, 15) is 14.9 Å². The molecule has 0 unspecified atom stereocenters. The standard InChI is InChI=1S/C29H26N2O5S/c1-29(2,3)17-7-9-18(10-8-17)36-24-15-35-23-13-19(11-12-21(23)27(24)33)34-16-26(32)31-28-22(14-30)20-5-4-6-25(20)37-28/h7-13,15H,4-6,16H2,1-3H3,(H,31,32). The van der Waals surface area contributed by atoms with Crippen LogP contribution in [0.5, 0.6) is 17.2 Å².